The lowest BCUT2D eigenvalue weighted by Crippen LogP contribution is -2.30. The van der Waals surface area contributed by atoms with E-state index >= 15 is 0 Å². The number of carbonyl (C=O) groups excluding carboxylic acids is 2. The fourth-order valence-electron chi connectivity index (χ4n) is 2.22. The molecule has 0 aliphatic carbocycles. The number of hydrogen-bond acceptors (Lipinski definition) is 2. The molecule has 1 aliphatic rings. The molecular weight excluding hydrogens is 226 g/mol. The zero-order valence-electron chi connectivity index (χ0n) is 9.88. The highest BCUT2D eigenvalue weighted by atomic mass is 16.2. The minimum Gasteiger partial charge on any atom is -0.269 e. The van der Waals surface area contributed by atoms with Crippen LogP contribution in [0.5, 0.6) is 0 Å². The fourth-order valence-corrected chi connectivity index (χ4v) is 2.22. The Morgan fingerprint density at radius 1 is 0.944 bits per heavy atom. The van der Waals surface area contributed by atoms with Crippen LogP contribution in [0.2, 0.25) is 0 Å². The lowest BCUT2D eigenvalue weighted by molar-refractivity contribution is -0.120. The number of amides is 2. The fraction of sp³-hybridized carbons (Fsp3) is 0.0667. The number of nitrogens with zero attached hydrogens (tertiary/aromatic N) is 1. The molecule has 2 amide bonds. The molecule has 0 N–H and O–H groups in total. The lowest BCUT2D eigenvalue weighted by Gasteiger charge is -2.16. The van der Waals surface area contributed by atoms with Gasteiger partial charge in [0.15, 0.2) is 0 Å². The standard InChI is InChI=1S/C15H11NO2/c1-10-9-14(17)16(15(10)18)13-8-4-6-11-5-2-3-7-12(11)13/h2-9H,1H3. The molecule has 0 atom stereocenters. The third-order valence-electron chi connectivity index (χ3n) is 3.11. The van der Waals surface area contributed by atoms with Crippen LogP contribution in [-0.4, -0.2) is 11.8 Å². The van der Waals surface area contributed by atoms with Crippen molar-refractivity contribution < 1.29 is 9.59 Å². The van der Waals surface area contributed by atoms with E-state index in [1.165, 1.54) is 11.0 Å². The SMILES string of the molecule is CC1=CC(=O)N(c2cccc3ccccc23)C1=O. The summed E-state index contributed by atoms with van der Waals surface area (Å²) in [6.45, 7) is 1.66. The largest absolute Gasteiger partial charge is 0.269 e. The first-order chi connectivity index (χ1) is 8.68. The van der Waals surface area contributed by atoms with Crippen LogP contribution in [0, 0.1) is 0 Å². The van der Waals surface area contributed by atoms with Crippen molar-refractivity contribution in [3.05, 3.63) is 54.1 Å². The van der Waals surface area contributed by atoms with Gasteiger partial charge in [0.25, 0.3) is 11.8 Å². The van der Waals surface area contributed by atoms with Crippen molar-refractivity contribution in [3.8, 4) is 0 Å². The van der Waals surface area contributed by atoms with Gasteiger partial charge in [-0.3, -0.25) is 9.59 Å². The van der Waals surface area contributed by atoms with E-state index < -0.39 is 0 Å². The highest BCUT2D eigenvalue weighted by molar-refractivity contribution is 6.32. The van der Waals surface area contributed by atoms with E-state index in [2.05, 4.69) is 0 Å². The van der Waals surface area contributed by atoms with E-state index in [-0.39, 0.29) is 11.8 Å². The second-order valence-corrected chi connectivity index (χ2v) is 4.30. The normalized spacial score (nSPS) is 15.4. The first-order valence-electron chi connectivity index (χ1n) is 5.73. The highest BCUT2D eigenvalue weighted by Crippen LogP contribution is 2.30. The first kappa shape index (κ1) is 10.7. The number of fused-ring (bicyclic) bond motifs is 1. The molecule has 1 heterocycles. The first-order valence-corrected chi connectivity index (χ1v) is 5.73. The number of rotatable bonds is 1. The predicted molar refractivity (Wildman–Crippen MR) is 70.2 cm³/mol. The number of hydrogen-bond donors (Lipinski definition) is 0. The van der Waals surface area contributed by atoms with Gasteiger partial charge in [-0.15, -0.1) is 0 Å². The zero-order chi connectivity index (χ0) is 12.7. The van der Waals surface area contributed by atoms with E-state index in [0.717, 1.165) is 10.8 Å². The Hall–Kier alpha value is -2.42. The van der Waals surface area contributed by atoms with Crippen molar-refractivity contribution in [2.24, 2.45) is 0 Å². The van der Waals surface area contributed by atoms with Crippen molar-refractivity contribution in [3.63, 3.8) is 0 Å². The Bertz CT molecular complexity index is 695. The molecular formula is C15H11NO2. The Kier molecular flexibility index (Phi) is 2.27. The third kappa shape index (κ3) is 1.44. The number of imide groups is 1. The molecule has 3 rings (SSSR count). The molecule has 0 saturated carbocycles. The Balaban J connectivity index is 2.22. The summed E-state index contributed by atoms with van der Waals surface area (Å²) in [5, 5.41) is 1.92. The maximum absolute atomic E-state index is 12.0. The average Bonchev–Trinajstić information content (AvgIpc) is 2.63. The molecule has 0 radical (unpaired) electrons. The van der Waals surface area contributed by atoms with Crippen LogP contribution >= 0.6 is 0 Å². The number of anilines is 1. The summed E-state index contributed by atoms with van der Waals surface area (Å²) in [5.41, 5.74) is 1.13. The van der Waals surface area contributed by atoms with Gasteiger partial charge in [0.05, 0.1) is 5.69 Å². The molecule has 3 nitrogen and oxygen atoms in total. The molecule has 18 heavy (non-hydrogen) atoms. The van der Waals surface area contributed by atoms with Gasteiger partial charge in [-0.2, -0.15) is 0 Å². The molecule has 88 valence electrons. The minimum absolute atomic E-state index is 0.239. The second-order valence-electron chi connectivity index (χ2n) is 4.30. The number of benzene rings is 2. The summed E-state index contributed by atoms with van der Waals surface area (Å²) >= 11 is 0. The van der Waals surface area contributed by atoms with Crippen molar-refractivity contribution in [2.45, 2.75) is 6.92 Å². The van der Waals surface area contributed by atoms with Crippen LogP contribution in [0.3, 0.4) is 0 Å². The van der Waals surface area contributed by atoms with E-state index in [0.29, 0.717) is 11.3 Å². The van der Waals surface area contributed by atoms with Crippen LogP contribution in [0.4, 0.5) is 5.69 Å². The molecule has 0 fully saturated rings. The molecule has 0 bridgehead atoms. The van der Waals surface area contributed by atoms with Crippen LogP contribution < -0.4 is 4.90 Å². The van der Waals surface area contributed by atoms with Gasteiger partial charge in [0.2, 0.25) is 0 Å². The van der Waals surface area contributed by atoms with Gasteiger partial charge in [-0.05, 0) is 18.4 Å². The van der Waals surface area contributed by atoms with Gasteiger partial charge < -0.3 is 0 Å². The zero-order valence-corrected chi connectivity index (χ0v) is 9.88. The Labute approximate surface area is 104 Å². The second kappa shape index (κ2) is 3.81. The quantitative estimate of drug-likeness (QED) is 0.715. The molecule has 0 saturated heterocycles. The van der Waals surface area contributed by atoms with E-state index in [1.807, 2.05) is 36.4 Å². The van der Waals surface area contributed by atoms with Crippen LogP contribution in [0.25, 0.3) is 10.8 Å². The summed E-state index contributed by atoms with van der Waals surface area (Å²) in [6, 6.07) is 13.3. The molecule has 2 aromatic carbocycles. The summed E-state index contributed by atoms with van der Waals surface area (Å²) in [7, 11) is 0. The van der Waals surface area contributed by atoms with Crippen LogP contribution in [0.1, 0.15) is 6.92 Å². The molecule has 0 spiro atoms. The minimum atomic E-state index is -0.270. The van der Waals surface area contributed by atoms with Gasteiger partial charge in [-0.25, -0.2) is 4.90 Å². The van der Waals surface area contributed by atoms with Gasteiger partial charge in [-0.1, -0.05) is 36.4 Å². The maximum atomic E-state index is 12.0. The third-order valence-corrected chi connectivity index (χ3v) is 3.11. The summed E-state index contributed by atoms with van der Waals surface area (Å²) in [6.07, 6.45) is 1.38. The topological polar surface area (TPSA) is 37.4 Å². The van der Waals surface area contributed by atoms with Gasteiger partial charge in [0.1, 0.15) is 0 Å². The summed E-state index contributed by atoms with van der Waals surface area (Å²) in [5.74, 6) is -0.509. The van der Waals surface area contributed by atoms with Crippen LogP contribution in [0.15, 0.2) is 54.1 Å². The smallest absolute Gasteiger partial charge is 0.261 e. The molecule has 0 unspecified atom stereocenters. The predicted octanol–water partition coefficient (Wildman–Crippen LogP) is 2.66. The van der Waals surface area contributed by atoms with Crippen LogP contribution in [-0.2, 0) is 9.59 Å². The molecule has 2 aromatic rings. The van der Waals surface area contributed by atoms with E-state index in [1.54, 1.807) is 13.0 Å². The van der Waals surface area contributed by atoms with Crippen molar-refractivity contribution >= 4 is 28.3 Å². The Morgan fingerprint density at radius 2 is 1.67 bits per heavy atom. The van der Waals surface area contributed by atoms with Gasteiger partial charge >= 0.3 is 0 Å². The van der Waals surface area contributed by atoms with E-state index in [9.17, 15) is 9.59 Å². The van der Waals surface area contributed by atoms with E-state index in [4.69, 9.17) is 0 Å². The van der Waals surface area contributed by atoms with Crippen molar-refractivity contribution in [2.75, 3.05) is 4.90 Å². The maximum Gasteiger partial charge on any atom is 0.261 e. The Morgan fingerprint density at radius 3 is 2.39 bits per heavy atom. The van der Waals surface area contributed by atoms with Crippen molar-refractivity contribution in [1.82, 2.24) is 0 Å². The monoisotopic (exact) mass is 237 g/mol. The van der Waals surface area contributed by atoms with Gasteiger partial charge in [0, 0.05) is 17.0 Å². The highest BCUT2D eigenvalue weighted by Gasteiger charge is 2.30. The molecule has 0 aromatic heterocycles. The molecule has 3 heteroatoms. The average molecular weight is 237 g/mol. The molecule has 1 aliphatic heterocycles. The summed E-state index contributed by atoms with van der Waals surface area (Å²) < 4.78 is 0. The lowest BCUT2D eigenvalue weighted by atomic mass is 10.1. The summed E-state index contributed by atoms with van der Waals surface area (Å²) in [4.78, 5) is 25.1. The number of carbonyl (C=O) groups is 2. The van der Waals surface area contributed by atoms with Crippen molar-refractivity contribution in [1.29, 1.82) is 0 Å².